The molecule has 0 heterocycles. The van der Waals surface area contributed by atoms with Gasteiger partial charge in [-0.05, 0) is 40.8 Å². The van der Waals surface area contributed by atoms with Crippen LogP contribution in [0.2, 0.25) is 0 Å². The van der Waals surface area contributed by atoms with Crippen molar-refractivity contribution in [3.05, 3.63) is 53.6 Å². The van der Waals surface area contributed by atoms with E-state index in [0.717, 1.165) is 16.7 Å². The van der Waals surface area contributed by atoms with Crippen LogP contribution in [0.1, 0.15) is 11.1 Å². The molecule has 0 atom stereocenters. The van der Waals surface area contributed by atoms with E-state index in [9.17, 15) is 9.90 Å². The molecule has 0 bridgehead atoms. The van der Waals surface area contributed by atoms with Gasteiger partial charge in [-0.25, -0.2) is 0 Å². The lowest BCUT2D eigenvalue weighted by Crippen LogP contribution is -2.04. The predicted molar refractivity (Wildman–Crippen MR) is 80.1 cm³/mol. The molecule has 0 amide bonds. The molecule has 110 valence electrons. The standard InChI is InChI=1S/C17H18O4/c1-21-17(20)10-12-3-2-4-13(9-12)14-5-6-16(19)15(11-14)7-8-18/h2-6,9,11,18-19H,7-8,10H2,1H3. The van der Waals surface area contributed by atoms with Crippen molar-refractivity contribution >= 4 is 5.97 Å². The SMILES string of the molecule is COC(=O)Cc1cccc(-c2ccc(O)c(CCO)c2)c1. The van der Waals surface area contributed by atoms with E-state index in [1.165, 1.54) is 7.11 Å². The molecule has 0 aliphatic carbocycles. The molecule has 2 aromatic carbocycles. The lowest BCUT2D eigenvalue weighted by atomic mass is 9.99. The molecule has 4 nitrogen and oxygen atoms in total. The van der Waals surface area contributed by atoms with Crippen LogP contribution in [0.25, 0.3) is 11.1 Å². The van der Waals surface area contributed by atoms with Crippen LogP contribution in [0.3, 0.4) is 0 Å². The third-order valence-corrected chi connectivity index (χ3v) is 3.30. The van der Waals surface area contributed by atoms with Crippen molar-refractivity contribution in [3.63, 3.8) is 0 Å². The zero-order valence-corrected chi connectivity index (χ0v) is 11.9. The van der Waals surface area contributed by atoms with Crippen molar-refractivity contribution in [2.45, 2.75) is 12.8 Å². The van der Waals surface area contributed by atoms with Crippen LogP contribution in [-0.2, 0) is 22.4 Å². The van der Waals surface area contributed by atoms with Crippen LogP contribution in [0.5, 0.6) is 5.75 Å². The predicted octanol–water partition coefficient (Wildman–Crippen LogP) is 2.31. The van der Waals surface area contributed by atoms with E-state index in [1.807, 2.05) is 36.4 Å². The Morgan fingerprint density at radius 3 is 2.62 bits per heavy atom. The zero-order chi connectivity index (χ0) is 15.2. The quantitative estimate of drug-likeness (QED) is 0.828. The number of phenolic OH excluding ortho intramolecular Hbond substituents is 1. The van der Waals surface area contributed by atoms with E-state index >= 15 is 0 Å². The number of carbonyl (C=O) groups excluding carboxylic acids is 1. The third-order valence-electron chi connectivity index (χ3n) is 3.30. The van der Waals surface area contributed by atoms with Crippen LogP contribution >= 0.6 is 0 Å². The Labute approximate surface area is 123 Å². The molecular formula is C17H18O4. The molecule has 0 aliphatic rings. The molecule has 0 spiro atoms. The van der Waals surface area contributed by atoms with Gasteiger partial charge in [0.1, 0.15) is 5.75 Å². The van der Waals surface area contributed by atoms with Gasteiger partial charge in [-0.3, -0.25) is 4.79 Å². The second kappa shape index (κ2) is 6.90. The van der Waals surface area contributed by atoms with Crippen molar-refractivity contribution in [3.8, 4) is 16.9 Å². The molecule has 21 heavy (non-hydrogen) atoms. The number of benzene rings is 2. The first-order chi connectivity index (χ1) is 10.1. The van der Waals surface area contributed by atoms with E-state index in [1.54, 1.807) is 6.07 Å². The number of carbonyl (C=O) groups is 1. The summed E-state index contributed by atoms with van der Waals surface area (Å²) in [5.74, 6) is -0.0997. The number of phenols is 1. The van der Waals surface area contributed by atoms with E-state index < -0.39 is 0 Å². The molecule has 4 heteroatoms. The Bertz CT molecular complexity index is 634. The molecule has 0 unspecified atom stereocenters. The lowest BCUT2D eigenvalue weighted by Gasteiger charge is -2.08. The summed E-state index contributed by atoms with van der Waals surface area (Å²) in [6.45, 7) is -0.0145. The van der Waals surface area contributed by atoms with Crippen LogP contribution < -0.4 is 0 Å². The van der Waals surface area contributed by atoms with Crippen molar-refractivity contribution in [1.29, 1.82) is 0 Å². The molecular weight excluding hydrogens is 268 g/mol. The Morgan fingerprint density at radius 1 is 1.14 bits per heavy atom. The smallest absolute Gasteiger partial charge is 0.309 e. The van der Waals surface area contributed by atoms with Gasteiger partial charge in [0.2, 0.25) is 0 Å². The fourth-order valence-electron chi connectivity index (χ4n) is 2.19. The normalized spacial score (nSPS) is 10.4. The monoisotopic (exact) mass is 286 g/mol. The number of aromatic hydroxyl groups is 1. The van der Waals surface area contributed by atoms with Gasteiger partial charge in [-0.2, -0.15) is 0 Å². The number of esters is 1. The van der Waals surface area contributed by atoms with Gasteiger partial charge in [0.05, 0.1) is 13.5 Å². The Morgan fingerprint density at radius 2 is 1.90 bits per heavy atom. The summed E-state index contributed by atoms with van der Waals surface area (Å²) >= 11 is 0. The Hall–Kier alpha value is -2.33. The molecule has 2 aromatic rings. The minimum Gasteiger partial charge on any atom is -0.508 e. The fourth-order valence-corrected chi connectivity index (χ4v) is 2.19. The number of ether oxygens (including phenoxy) is 1. The molecule has 2 rings (SSSR count). The van der Waals surface area contributed by atoms with E-state index in [4.69, 9.17) is 5.11 Å². The molecule has 0 fully saturated rings. The highest BCUT2D eigenvalue weighted by atomic mass is 16.5. The number of methoxy groups -OCH3 is 1. The largest absolute Gasteiger partial charge is 0.508 e. The van der Waals surface area contributed by atoms with Gasteiger partial charge < -0.3 is 14.9 Å². The number of aliphatic hydroxyl groups excluding tert-OH is 1. The van der Waals surface area contributed by atoms with Gasteiger partial charge in [-0.15, -0.1) is 0 Å². The summed E-state index contributed by atoms with van der Waals surface area (Å²) in [4.78, 5) is 11.3. The highest BCUT2D eigenvalue weighted by molar-refractivity contribution is 5.74. The Kier molecular flexibility index (Phi) is 4.95. The summed E-state index contributed by atoms with van der Waals surface area (Å²) in [6.07, 6.45) is 0.632. The Balaban J connectivity index is 2.31. The second-order valence-corrected chi connectivity index (χ2v) is 4.77. The first-order valence-electron chi connectivity index (χ1n) is 6.73. The van der Waals surface area contributed by atoms with Gasteiger partial charge >= 0.3 is 5.97 Å². The fraction of sp³-hybridized carbons (Fsp3) is 0.235. The topological polar surface area (TPSA) is 66.8 Å². The van der Waals surface area contributed by atoms with Gasteiger partial charge in [0.15, 0.2) is 0 Å². The minimum atomic E-state index is -0.279. The summed E-state index contributed by atoms with van der Waals surface area (Å²) in [6, 6.07) is 12.9. The lowest BCUT2D eigenvalue weighted by molar-refractivity contribution is -0.139. The number of hydrogen-bond acceptors (Lipinski definition) is 4. The maximum atomic E-state index is 11.3. The van der Waals surface area contributed by atoms with E-state index in [2.05, 4.69) is 4.74 Å². The number of rotatable bonds is 5. The van der Waals surface area contributed by atoms with Gasteiger partial charge in [0, 0.05) is 6.61 Å². The van der Waals surface area contributed by atoms with Crippen LogP contribution in [0.4, 0.5) is 0 Å². The van der Waals surface area contributed by atoms with Crippen molar-refractivity contribution < 1.29 is 19.7 Å². The van der Waals surface area contributed by atoms with Crippen molar-refractivity contribution in [1.82, 2.24) is 0 Å². The highest BCUT2D eigenvalue weighted by Crippen LogP contribution is 2.27. The number of aliphatic hydroxyl groups is 1. The minimum absolute atomic E-state index is 0.0145. The molecule has 0 saturated heterocycles. The van der Waals surface area contributed by atoms with Crippen molar-refractivity contribution in [2.75, 3.05) is 13.7 Å². The second-order valence-electron chi connectivity index (χ2n) is 4.77. The summed E-state index contributed by atoms with van der Waals surface area (Å²) < 4.78 is 4.67. The van der Waals surface area contributed by atoms with E-state index in [-0.39, 0.29) is 24.7 Å². The maximum absolute atomic E-state index is 11.3. The molecule has 2 N–H and O–H groups in total. The number of hydrogen-bond donors (Lipinski definition) is 2. The molecule has 0 aliphatic heterocycles. The van der Waals surface area contributed by atoms with Crippen LogP contribution in [0, 0.1) is 0 Å². The van der Waals surface area contributed by atoms with E-state index in [0.29, 0.717) is 12.0 Å². The molecule has 0 aromatic heterocycles. The van der Waals surface area contributed by atoms with Crippen LogP contribution in [0.15, 0.2) is 42.5 Å². The van der Waals surface area contributed by atoms with Crippen LogP contribution in [-0.4, -0.2) is 29.9 Å². The summed E-state index contributed by atoms with van der Waals surface area (Å²) in [5.41, 5.74) is 3.46. The van der Waals surface area contributed by atoms with Gasteiger partial charge in [-0.1, -0.05) is 30.3 Å². The summed E-state index contributed by atoms with van der Waals surface area (Å²) in [5, 5.41) is 18.8. The van der Waals surface area contributed by atoms with Gasteiger partial charge in [0.25, 0.3) is 0 Å². The average molecular weight is 286 g/mol. The zero-order valence-electron chi connectivity index (χ0n) is 11.9. The average Bonchev–Trinajstić information content (AvgIpc) is 2.50. The molecule has 0 saturated carbocycles. The highest BCUT2D eigenvalue weighted by Gasteiger charge is 2.07. The van der Waals surface area contributed by atoms with Crippen molar-refractivity contribution in [2.24, 2.45) is 0 Å². The molecule has 0 radical (unpaired) electrons. The maximum Gasteiger partial charge on any atom is 0.309 e. The first kappa shape index (κ1) is 15.1. The summed E-state index contributed by atoms with van der Waals surface area (Å²) in [7, 11) is 1.37. The first-order valence-corrected chi connectivity index (χ1v) is 6.73. The third kappa shape index (κ3) is 3.83.